The summed E-state index contributed by atoms with van der Waals surface area (Å²) in [4.78, 5) is 32.5. The van der Waals surface area contributed by atoms with E-state index >= 15 is 0 Å². The third-order valence-corrected chi connectivity index (χ3v) is 2.47. The van der Waals surface area contributed by atoms with Gasteiger partial charge in [-0.15, -0.1) is 0 Å². The molecule has 0 bridgehead atoms. The number of carboxylic acids is 1. The molecule has 0 amide bonds. The van der Waals surface area contributed by atoms with Crippen LogP contribution in [0.2, 0.25) is 0 Å². The SMILES string of the molecule is O=C(O)Cn1cc([N+](=O)[O-])c(=O)c2ccccc21.[Na]. The number of nitrogens with zero attached hydrogens (tertiary/aromatic N) is 2. The Morgan fingerprint density at radius 3 is 2.58 bits per heavy atom. The number of hydrogen-bond acceptors (Lipinski definition) is 4. The fraction of sp³-hybridized carbons (Fsp3) is 0.0909. The summed E-state index contributed by atoms with van der Waals surface area (Å²) in [5, 5.41) is 19.6. The zero-order valence-electron chi connectivity index (χ0n) is 10.1. The molecule has 0 aliphatic carbocycles. The van der Waals surface area contributed by atoms with Crippen LogP contribution in [0.1, 0.15) is 0 Å². The largest absolute Gasteiger partial charge is 0.480 e. The molecule has 0 saturated carbocycles. The summed E-state index contributed by atoms with van der Waals surface area (Å²) in [7, 11) is 0. The first-order valence-corrected chi connectivity index (χ1v) is 4.99. The molecule has 7 nitrogen and oxygen atoms in total. The molecule has 8 heteroatoms. The van der Waals surface area contributed by atoms with Gasteiger partial charge in [0.1, 0.15) is 6.54 Å². The number of hydrogen-bond donors (Lipinski definition) is 1. The standard InChI is InChI=1S/C11H8N2O5.Na/c14-10(15)6-12-5-9(13(17)18)11(16)7-3-1-2-4-8(7)12;/h1-5H,6H2,(H,14,15);. The van der Waals surface area contributed by atoms with Gasteiger partial charge in [0.15, 0.2) is 0 Å². The molecule has 2 rings (SSSR count). The van der Waals surface area contributed by atoms with E-state index in [2.05, 4.69) is 0 Å². The smallest absolute Gasteiger partial charge is 0.333 e. The van der Waals surface area contributed by atoms with Gasteiger partial charge in [-0.2, -0.15) is 0 Å². The van der Waals surface area contributed by atoms with Crippen molar-refractivity contribution >= 4 is 52.1 Å². The van der Waals surface area contributed by atoms with Crippen LogP contribution in [0.5, 0.6) is 0 Å². The molecule has 1 aromatic heterocycles. The predicted octanol–water partition coefficient (Wildman–Crippen LogP) is 0.613. The van der Waals surface area contributed by atoms with Gasteiger partial charge in [-0.25, -0.2) is 0 Å². The number of carbonyl (C=O) groups is 1. The second kappa shape index (κ2) is 5.96. The molecule has 0 fully saturated rings. The van der Waals surface area contributed by atoms with Crippen molar-refractivity contribution in [3.05, 3.63) is 50.8 Å². The molecule has 0 unspecified atom stereocenters. The molecule has 0 aliphatic heterocycles. The molecular weight excluding hydrogens is 263 g/mol. The number of aliphatic carboxylic acids is 1. The van der Waals surface area contributed by atoms with E-state index in [0.29, 0.717) is 5.52 Å². The van der Waals surface area contributed by atoms with Crippen LogP contribution in [0.3, 0.4) is 0 Å². The van der Waals surface area contributed by atoms with Crippen LogP contribution in [0.4, 0.5) is 5.69 Å². The number of pyridine rings is 1. The number of fused-ring (bicyclic) bond motifs is 1. The molecule has 2 aromatic rings. The van der Waals surface area contributed by atoms with E-state index in [0.717, 1.165) is 6.20 Å². The van der Waals surface area contributed by atoms with E-state index in [1.807, 2.05) is 0 Å². The Hall–Kier alpha value is -1.70. The van der Waals surface area contributed by atoms with Crippen molar-refractivity contribution in [3.63, 3.8) is 0 Å². The van der Waals surface area contributed by atoms with Crippen LogP contribution in [-0.2, 0) is 11.3 Å². The summed E-state index contributed by atoms with van der Waals surface area (Å²) in [6.07, 6.45) is 0.957. The molecule has 1 radical (unpaired) electrons. The summed E-state index contributed by atoms with van der Waals surface area (Å²) in [5.41, 5.74) is -0.984. The van der Waals surface area contributed by atoms with Crippen molar-refractivity contribution in [2.24, 2.45) is 0 Å². The van der Waals surface area contributed by atoms with Crippen molar-refractivity contribution in [1.29, 1.82) is 0 Å². The van der Waals surface area contributed by atoms with Crippen LogP contribution in [0, 0.1) is 10.1 Å². The zero-order chi connectivity index (χ0) is 13.3. The Kier molecular flexibility index (Phi) is 4.82. The van der Waals surface area contributed by atoms with Crippen LogP contribution >= 0.6 is 0 Å². The first-order chi connectivity index (χ1) is 8.50. The maximum atomic E-state index is 11.8. The van der Waals surface area contributed by atoms with E-state index in [9.17, 15) is 19.7 Å². The Labute approximate surface area is 128 Å². The van der Waals surface area contributed by atoms with Gasteiger partial charge in [-0.3, -0.25) is 19.7 Å². The Morgan fingerprint density at radius 2 is 2.00 bits per heavy atom. The minimum Gasteiger partial charge on any atom is -0.480 e. The molecule has 1 N–H and O–H groups in total. The van der Waals surface area contributed by atoms with Crippen molar-refractivity contribution < 1.29 is 14.8 Å². The molecular formula is C11H8N2NaO5. The summed E-state index contributed by atoms with van der Waals surface area (Å²) < 4.78 is 1.18. The minimum absolute atomic E-state index is 0. The number of benzene rings is 1. The topological polar surface area (TPSA) is 102 Å². The summed E-state index contributed by atoms with van der Waals surface area (Å²) in [6.45, 7) is -0.443. The number of para-hydroxylation sites is 1. The van der Waals surface area contributed by atoms with Crippen molar-refractivity contribution in [1.82, 2.24) is 4.57 Å². The van der Waals surface area contributed by atoms with E-state index < -0.39 is 28.6 Å². The number of nitro groups is 1. The number of rotatable bonds is 3. The van der Waals surface area contributed by atoms with E-state index in [-0.39, 0.29) is 34.9 Å². The average molecular weight is 271 g/mol. The van der Waals surface area contributed by atoms with E-state index in [4.69, 9.17) is 5.11 Å². The third-order valence-electron chi connectivity index (χ3n) is 2.47. The van der Waals surface area contributed by atoms with Gasteiger partial charge in [0.25, 0.3) is 5.43 Å². The van der Waals surface area contributed by atoms with Crippen LogP contribution in [-0.4, -0.2) is 50.1 Å². The Bertz CT molecular complexity index is 710. The van der Waals surface area contributed by atoms with Crippen molar-refractivity contribution in [3.8, 4) is 0 Å². The zero-order valence-corrected chi connectivity index (χ0v) is 12.1. The van der Waals surface area contributed by atoms with Gasteiger partial charge >= 0.3 is 11.7 Å². The fourth-order valence-corrected chi connectivity index (χ4v) is 1.74. The summed E-state index contributed by atoms with van der Waals surface area (Å²) >= 11 is 0. The maximum Gasteiger partial charge on any atom is 0.333 e. The molecule has 0 aliphatic rings. The van der Waals surface area contributed by atoms with Crippen LogP contribution in [0.25, 0.3) is 10.9 Å². The Balaban J connectivity index is 0.00000180. The molecule has 1 aromatic carbocycles. The monoisotopic (exact) mass is 271 g/mol. The van der Waals surface area contributed by atoms with Crippen LogP contribution < -0.4 is 5.43 Å². The van der Waals surface area contributed by atoms with Gasteiger partial charge in [-0.1, -0.05) is 12.1 Å². The molecule has 0 atom stereocenters. The van der Waals surface area contributed by atoms with E-state index in [1.54, 1.807) is 18.2 Å². The van der Waals surface area contributed by atoms with Crippen LogP contribution in [0.15, 0.2) is 35.3 Å². The Morgan fingerprint density at radius 1 is 1.37 bits per heavy atom. The minimum atomic E-state index is -1.14. The predicted molar refractivity (Wildman–Crippen MR) is 68.3 cm³/mol. The molecule has 0 spiro atoms. The number of carboxylic acid groups (broad SMARTS) is 1. The normalized spacial score (nSPS) is 9.89. The van der Waals surface area contributed by atoms with Gasteiger partial charge in [0.05, 0.1) is 22.0 Å². The third kappa shape index (κ3) is 3.01. The molecule has 0 saturated heterocycles. The first kappa shape index (κ1) is 15.4. The molecule has 1 heterocycles. The quantitative estimate of drug-likeness (QED) is 0.500. The average Bonchev–Trinajstić information content (AvgIpc) is 2.32. The van der Waals surface area contributed by atoms with E-state index in [1.165, 1.54) is 10.6 Å². The summed E-state index contributed by atoms with van der Waals surface area (Å²) in [5.74, 6) is -1.14. The number of aromatic nitrogens is 1. The second-order valence-electron chi connectivity index (χ2n) is 3.64. The van der Waals surface area contributed by atoms with Gasteiger partial charge in [0.2, 0.25) is 0 Å². The van der Waals surface area contributed by atoms with Crippen molar-refractivity contribution in [2.75, 3.05) is 0 Å². The molecule has 93 valence electrons. The first-order valence-electron chi connectivity index (χ1n) is 4.99. The van der Waals surface area contributed by atoms with Gasteiger partial charge in [0, 0.05) is 29.6 Å². The maximum absolute atomic E-state index is 11.8. The summed E-state index contributed by atoms with van der Waals surface area (Å²) in [6, 6.07) is 6.18. The van der Waals surface area contributed by atoms with Gasteiger partial charge in [-0.05, 0) is 12.1 Å². The van der Waals surface area contributed by atoms with Crippen molar-refractivity contribution in [2.45, 2.75) is 6.54 Å². The molecule has 19 heavy (non-hydrogen) atoms. The van der Waals surface area contributed by atoms with Gasteiger partial charge < -0.3 is 9.67 Å². The fourth-order valence-electron chi connectivity index (χ4n) is 1.74. The second-order valence-corrected chi connectivity index (χ2v) is 3.64.